The summed E-state index contributed by atoms with van der Waals surface area (Å²) in [5.74, 6) is 0.407. The number of carboxylic acids is 1. The van der Waals surface area contributed by atoms with Crippen LogP contribution in [-0.2, 0) is 0 Å². The number of aromatic carboxylic acids is 1. The van der Waals surface area contributed by atoms with Crippen molar-refractivity contribution in [2.75, 3.05) is 18.0 Å². The van der Waals surface area contributed by atoms with Crippen LogP contribution in [-0.4, -0.2) is 33.6 Å². The second-order valence-electron chi connectivity index (χ2n) is 5.03. The molecule has 19 heavy (non-hydrogen) atoms. The fourth-order valence-electron chi connectivity index (χ4n) is 2.86. The predicted molar refractivity (Wildman–Crippen MR) is 75.3 cm³/mol. The zero-order valence-electron chi connectivity index (χ0n) is 10.9. The lowest BCUT2D eigenvalue weighted by Gasteiger charge is -2.16. The lowest BCUT2D eigenvalue weighted by molar-refractivity contribution is 0.0690. The third-order valence-electron chi connectivity index (χ3n) is 3.73. The minimum Gasteiger partial charge on any atom is -0.476 e. The Balaban J connectivity index is 1.94. The van der Waals surface area contributed by atoms with Crippen molar-refractivity contribution in [2.45, 2.75) is 26.2 Å². The number of hydrogen-bond acceptors (Lipinski definition) is 4. The summed E-state index contributed by atoms with van der Waals surface area (Å²) >= 11 is 1.47. The standard InChI is InChI=1S/C13H17N3O2S/c1-2-3-9-4-5-15(8-9)11-10(12(17)18)16-6-7-19-13(16)14-11/h6-7,9H,2-5,8H2,1H3,(H,17,18). The highest BCUT2D eigenvalue weighted by Gasteiger charge is 2.29. The van der Waals surface area contributed by atoms with E-state index in [0.29, 0.717) is 17.4 Å². The summed E-state index contributed by atoms with van der Waals surface area (Å²) < 4.78 is 1.68. The van der Waals surface area contributed by atoms with Gasteiger partial charge in [0, 0.05) is 24.7 Å². The fraction of sp³-hybridized carbons (Fsp3) is 0.538. The Labute approximate surface area is 115 Å². The SMILES string of the molecule is CCCC1CCN(c2nc3sccn3c2C(=O)O)C1. The Morgan fingerprint density at radius 1 is 1.63 bits per heavy atom. The molecule has 1 atom stereocenters. The molecular formula is C13H17N3O2S. The number of nitrogens with zero attached hydrogens (tertiary/aromatic N) is 3. The Hall–Kier alpha value is -1.56. The summed E-state index contributed by atoms with van der Waals surface area (Å²) in [6.07, 6.45) is 5.31. The Morgan fingerprint density at radius 2 is 2.47 bits per heavy atom. The van der Waals surface area contributed by atoms with E-state index >= 15 is 0 Å². The number of imidazole rings is 1. The van der Waals surface area contributed by atoms with Crippen LogP contribution in [0.1, 0.15) is 36.7 Å². The molecule has 1 aliphatic heterocycles. The first-order valence-corrected chi connectivity index (χ1v) is 7.52. The summed E-state index contributed by atoms with van der Waals surface area (Å²) in [6, 6.07) is 0. The number of rotatable bonds is 4. The van der Waals surface area contributed by atoms with Crippen LogP contribution >= 0.6 is 11.3 Å². The third kappa shape index (κ3) is 2.10. The number of aromatic nitrogens is 2. The molecule has 1 fully saturated rings. The van der Waals surface area contributed by atoms with Crippen LogP contribution in [0.3, 0.4) is 0 Å². The summed E-state index contributed by atoms with van der Waals surface area (Å²) in [6.45, 7) is 4.03. The van der Waals surface area contributed by atoms with E-state index in [1.807, 2.05) is 5.38 Å². The van der Waals surface area contributed by atoms with E-state index in [1.54, 1.807) is 10.6 Å². The van der Waals surface area contributed by atoms with E-state index in [0.717, 1.165) is 24.5 Å². The highest BCUT2D eigenvalue weighted by atomic mass is 32.1. The van der Waals surface area contributed by atoms with Crippen molar-refractivity contribution in [1.29, 1.82) is 0 Å². The minimum absolute atomic E-state index is 0.299. The van der Waals surface area contributed by atoms with E-state index in [4.69, 9.17) is 0 Å². The molecule has 0 radical (unpaired) electrons. The van der Waals surface area contributed by atoms with Gasteiger partial charge in [-0.25, -0.2) is 9.78 Å². The average molecular weight is 279 g/mol. The van der Waals surface area contributed by atoms with Gasteiger partial charge < -0.3 is 10.0 Å². The van der Waals surface area contributed by atoms with Gasteiger partial charge in [0.05, 0.1) is 0 Å². The van der Waals surface area contributed by atoms with E-state index in [9.17, 15) is 9.90 Å². The highest BCUT2D eigenvalue weighted by Crippen LogP contribution is 2.30. The summed E-state index contributed by atoms with van der Waals surface area (Å²) in [7, 11) is 0. The van der Waals surface area contributed by atoms with Crippen molar-refractivity contribution in [3.63, 3.8) is 0 Å². The van der Waals surface area contributed by atoms with E-state index < -0.39 is 5.97 Å². The average Bonchev–Trinajstić information content (AvgIpc) is 3.00. The van der Waals surface area contributed by atoms with Gasteiger partial charge in [0.25, 0.3) is 0 Å². The lowest BCUT2D eigenvalue weighted by Crippen LogP contribution is -2.22. The quantitative estimate of drug-likeness (QED) is 0.935. The smallest absolute Gasteiger partial charge is 0.356 e. The van der Waals surface area contributed by atoms with E-state index in [2.05, 4.69) is 16.8 Å². The van der Waals surface area contributed by atoms with Crippen LogP contribution in [0.15, 0.2) is 11.6 Å². The molecule has 0 aromatic carbocycles. The van der Waals surface area contributed by atoms with Crippen molar-refractivity contribution in [2.24, 2.45) is 5.92 Å². The topological polar surface area (TPSA) is 57.8 Å². The van der Waals surface area contributed by atoms with Gasteiger partial charge in [-0.1, -0.05) is 13.3 Å². The maximum absolute atomic E-state index is 11.5. The normalized spacial score (nSPS) is 19.4. The molecular weight excluding hydrogens is 262 g/mol. The molecule has 0 amide bonds. The van der Waals surface area contributed by atoms with Crippen LogP contribution in [0.5, 0.6) is 0 Å². The number of carbonyl (C=O) groups is 1. The number of carboxylic acid groups (broad SMARTS) is 1. The molecule has 0 saturated carbocycles. The largest absolute Gasteiger partial charge is 0.476 e. The lowest BCUT2D eigenvalue weighted by atomic mass is 10.0. The minimum atomic E-state index is -0.903. The summed E-state index contributed by atoms with van der Waals surface area (Å²) in [4.78, 5) is 18.9. The first-order chi connectivity index (χ1) is 9.20. The van der Waals surface area contributed by atoms with Crippen molar-refractivity contribution >= 4 is 28.1 Å². The predicted octanol–water partition coefficient (Wildman–Crippen LogP) is 2.72. The first kappa shape index (κ1) is 12.5. The molecule has 2 aromatic rings. The van der Waals surface area contributed by atoms with Crippen LogP contribution in [0.4, 0.5) is 5.82 Å². The number of thiazole rings is 1. The van der Waals surface area contributed by atoms with Crippen molar-refractivity contribution in [3.8, 4) is 0 Å². The maximum Gasteiger partial charge on any atom is 0.356 e. The van der Waals surface area contributed by atoms with Gasteiger partial charge in [-0.2, -0.15) is 0 Å². The Bertz CT molecular complexity index is 604. The van der Waals surface area contributed by atoms with E-state index in [1.165, 1.54) is 24.2 Å². The first-order valence-electron chi connectivity index (χ1n) is 6.64. The molecule has 3 rings (SSSR count). The van der Waals surface area contributed by atoms with Gasteiger partial charge in [0.15, 0.2) is 16.5 Å². The molecule has 1 saturated heterocycles. The zero-order chi connectivity index (χ0) is 13.4. The van der Waals surface area contributed by atoms with Gasteiger partial charge in [-0.15, -0.1) is 11.3 Å². The summed E-state index contributed by atoms with van der Waals surface area (Å²) in [5, 5.41) is 11.3. The second-order valence-corrected chi connectivity index (χ2v) is 5.91. The zero-order valence-corrected chi connectivity index (χ0v) is 11.7. The molecule has 3 heterocycles. The maximum atomic E-state index is 11.5. The van der Waals surface area contributed by atoms with Crippen molar-refractivity contribution in [3.05, 3.63) is 17.3 Å². The number of fused-ring (bicyclic) bond motifs is 1. The van der Waals surface area contributed by atoms with Crippen molar-refractivity contribution < 1.29 is 9.90 Å². The monoisotopic (exact) mass is 279 g/mol. The molecule has 5 nitrogen and oxygen atoms in total. The second kappa shape index (κ2) is 4.85. The molecule has 1 aliphatic rings. The molecule has 1 N–H and O–H groups in total. The molecule has 0 spiro atoms. The van der Waals surface area contributed by atoms with Gasteiger partial charge in [0.2, 0.25) is 0 Å². The number of anilines is 1. The molecule has 6 heteroatoms. The Morgan fingerprint density at radius 3 is 3.21 bits per heavy atom. The van der Waals surface area contributed by atoms with Crippen LogP contribution in [0.2, 0.25) is 0 Å². The van der Waals surface area contributed by atoms with Crippen molar-refractivity contribution in [1.82, 2.24) is 9.38 Å². The highest BCUT2D eigenvalue weighted by molar-refractivity contribution is 7.15. The van der Waals surface area contributed by atoms with E-state index in [-0.39, 0.29) is 0 Å². The molecule has 102 valence electrons. The molecule has 1 unspecified atom stereocenters. The van der Waals surface area contributed by atoms with Crippen LogP contribution in [0.25, 0.3) is 4.96 Å². The van der Waals surface area contributed by atoms with Gasteiger partial charge in [-0.05, 0) is 18.8 Å². The number of hydrogen-bond donors (Lipinski definition) is 1. The Kier molecular flexibility index (Phi) is 3.18. The van der Waals surface area contributed by atoms with Gasteiger partial charge in [-0.3, -0.25) is 4.40 Å². The fourth-order valence-corrected chi connectivity index (χ4v) is 3.57. The summed E-state index contributed by atoms with van der Waals surface area (Å²) in [5.41, 5.74) is 0.299. The van der Waals surface area contributed by atoms with Gasteiger partial charge in [0.1, 0.15) is 0 Å². The van der Waals surface area contributed by atoms with Crippen LogP contribution in [0, 0.1) is 5.92 Å². The molecule has 0 aliphatic carbocycles. The van der Waals surface area contributed by atoms with Crippen LogP contribution < -0.4 is 4.90 Å². The third-order valence-corrected chi connectivity index (χ3v) is 4.49. The van der Waals surface area contributed by atoms with Gasteiger partial charge >= 0.3 is 5.97 Å². The molecule has 2 aromatic heterocycles. The molecule has 0 bridgehead atoms.